The summed E-state index contributed by atoms with van der Waals surface area (Å²) in [5.74, 6) is -1.83. The first-order valence-electron chi connectivity index (χ1n) is 11.2. The van der Waals surface area contributed by atoms with Crippen molar-refractivity contribution in [3.8, 4) is 5.75 Å². The molecule has 0 amide bonds. The molecule has 0 unspecified atom stereocenters. The van der Waals surface area contributed by atoms with Crippen molar-refractivity contribution in [2.24, 2.45) is 21.7 Å². The fourth-order valence-electron chi connectivity index (χ4n) is 6.99. The second-order valence-electron chi connectivity index (χ2n) is 10.8. The quantitative estimate of drug-likeness (QED) is 0.507. The van der Waals surface area contributed by atoms with Crippen molar-refractivity contribution >= 4 is 0 Å². The number of hydrogen-bond acceptors (Lipinski definition) is 1. The molecule has 0 aromatic heterocycles. The van der Waals surface area contributed by atoms with Crippen LogP contribution in [0.5, 0.6) is 5.75 Å². The molecule has 4 bridgehead atoms. The van der Waals surface area contributed by atoms with Gasteiger partial charge < -0.3 is 4.74 Å². The maximum atomic E-state index is 15.7. The van der Waals surface area contributed by atoms with Crippen molar-refractivity contribution < 1.29 is 17.9 Å². The van der Waals surface area contributed by atoms with E-state index in [9.17, 15) is 8.78 Å². The molecule has 7 rings (SSSR count). The summed E-state index contributed by atoms with van der Waals surface area (Å²) in [5.41, 5.74) is 0.179. The molecule has 0 atom stereocenters. The number of aryl methyl sites for hydroxylation is 1. The van der Waals surface area contributed by atoms with Crippen LogP contribution in [0.15, 0.2) is 24.0 Å². The van der Waals surface area contributed by atoms with Gasteiger partial charge in [-0.3, -0.25) is 0 Å². The number of fused-ring (bicyclic) bond motifs is 5. The molecule has 0 spiro atoms. The largest absolute Gasteiger partial charge is 0.489 e. The smallest absolute Gasteiger partial charge is 0.200 e. The molecule has 0 saturated heterocycles. The van der Waals surface area contributed by atoms with Gasteiger partial charge in [-0.2, -0.15) is 4.39 Å². The Morgan fingerprint density at radius 1 is 0.828 bits per heavy atom. The molecule has 0 radical (unpaired) electrons. The number of allylic oxidation sites excluding steroid dienone is 1. The van der Waals surface area contributed by atoms with Crippen LogP contribution in [-0.4, -0.2) is 6.61 Å². The van der Waals surface area contributed by atoms with Crippen molar-refractivity contribution in [1.82, 2.24) is 0 Å². The first-order valence-corrected chi connectivity index (χ1v) is 11.2. The predicted molar refractivity (Wildman–Crippen MR) is 107 cm³/mol. The van der Waals surface area contributed by atoms with Crippen LogP contribution in [0.3, 0.4) is 0 Å². The second kappa shape index (κ2) is 6.28. The summed E-state index contributed by atoms with van der Waals surface area (Å²) in [6, 6.07) is 2.99. The van der Waals surface area contributed by atoms with Gasteiger partial charge in [-0.15, -0.1) is 0 Å². The summed E-state index contributed by atoms with van der Waals surface area (Å²) in [4.78, 5) is 0. The van der Waals surface area contributed by atoms with E-state index in [1.807, 2.05) is 0 Å². The van der Waals surface area contributed by atoms with Gasteiger partial charge >= 0.3 is 0 Å². The SMILES string of the molecule is Cc1ccc(OCC23C=C(F)C(C45CCC(C)(CC4)CC5)(CC2)CC3)c(F)c1F. The molecule has 158 valence electrons. The summed E-state index contributed by atoms with van der Waals surface area (Å²) >= 11 is 0. The van der Waals surface area contributed by atoms with E-state index in [-0.39, 0.29) is 34.6 Å². The van der Waals surface area contributed by atoms with Gasteiger partial charge in [0.2, 0.25) is 5.82 Å². The molecule has 29 heavy (non-hydrogen) atoms. The van der Waals surface area contributed by atoms with Crippen LogP contribution in [-0.2, 0) is 0 Å². The van der Waals surface area contributed by atoms with Gasteiger partial charge in [0.25, 0.3) is 0 Å². The zero-order valence-corrected chi connectivity index (χ0v) is 17.6. The normalized spacial score (nSPS) is 40.8. The molecule has 4 heteroatoms. The van der Waals surface area contributed by atoms with Crippen molar-refractivity contribution in [3.05, 3.63) is 41.2 Å². The third kappa shape index (κ3) is 2.73. The number of hydrogen-bond donors (Lipinski definition) is 0. The Labute approximate surface area is 171 Å². The Bertz CT molecular complexity index is 839. The molecule has 1 aromatic carbocycles. The fraction of sp³-hybridized carbons (Fsp3) is 0.680. The topological polar surface area (TPSA) is 9.23 Å². The van der Waals surface area contributed by atoms with Crippen LogP contribution in [0, 0.1) is 40.2 Å². The lowest BCUT2D eigenvalue weighted by atomic mass is 9.40. The molecule has 0 aliphatic heterocycles. The maximum Gasteiger partial charge on any atom is 0.200 e. The monoisotopic (exact) mass is 404 g/mol. The van der Waals surface area contributed by atoms with Crippen LogP contribution in [0.4, 0.5) is 13.2 Å². The number of ether oxygens (including phenoxy) is 1. The van der Waals surface area contributed by atoms with Crippen molar-refractivity contribution in [2.75, 3.05) is 6.61 Å². The van der Waals surface area contributed by atoms with Crippen molar-refractivity contribution in [2.45, 2.75) is 78.1 Å². The van der Waals surface area contributed by atoms with Crippen LogP contribution in [0.2, 0.25) is 0 Å². The Morgan fingerprint density at radius 3 is 2.03 bits per heavy atom. The molecule has 1 nitrogen and oxygen atoms in total. The van der Waals surface area contributed by atoms with Gasteiger partial charge in [0.05, 0.1) is 6.61 Å². The van der Waals surface area contributed by atoms with Crippen LogP contribution in [0.25, 0.3) is 0 Å². The number of rotatable bonds is 4. The average Bonchev–Trinajstić information content (AvgIpc) is 2.73. The highest BCUT2D eigenvalue weighted by Crippen LogP contribution is 2.72. The highest BCUT2D eigenvalue weighted by molar-refractivity contribution is 5.32. The van der Waals surface area contributed by atoms with E-state index in [4.69, 9.17) is 4.74 Å². The van der Waals surface area contributed by atoms with E-state index in [0.717, 1.165) is 44.9 Å². The Morgan fingerprint density at radius 2 is 1.45 bits per heavy atom. The minimum Gasteiger partial charge on any atom is -0.489 e. The van der Waals surface area contributed by atoms with E-state index >= 15 is 4.39 Å². The highest BCUT2D eigenvalue weighted by atomic mass is 19.2. The molecular weight excluding hydrogens is 373 g/mol. The Balaban J connectivity index is 1.37. The van der Waals surface area contributed by atoms with E-state index < -0.39 is 17.0 Å². The van der Waals surface area contributed by atoms with E-state index in [1.165, 1.54) is 38.3 Å². The lowest BCUT2D eigenvalue weighted by Crippen LogP contribution is -2.56. The predicted octanol–water partition coefficient (Wildman–Crippen LogP) is 7.43. The van der Waals surface area contributed by atoms with Gasteiger partial charge in [0.1, 0.15) is 5.83 Å². The van der Waals surface area contributed by atoms with Gasteiger partial charge in [-0.05, 0) is 99.7 Å². The molecule has 6 aliphatic rings. The fourth-order valence-corrected chi connectivity index (χ4v) is 6.99. The summed E-state index contributed by atoms with van der Waals surface area (Å²) < 4.78 is 49.4. The van der Waals surface area contributed by atoms with Crippen LogP contribution >= 0.6 is 0 Å². The van der Waals surface area contributed by atoms with Crippen LogP contribution < -0.4 is 4.74 Å². The molecule has 1 aromatic rings. The van der Waals surface area contributed by atoms with E-state index in [0.29, 0.717) is 5.41 Å². The summed E-state index contributed by atoms with van der Waals surface area (Å²) in [7, 11) is 0. The highest BCUT2D eigenvalue weighted by Gasteiger charge is 2.63. The third-order valence-electron chi connectivity index (χ3n) is 9.38. The summed E-state index contributed by atoms with van der Waals surface area (Å²) in [5, 5.41) is 0. The number of halogens is 3. The van der Waals surface area contributed by atoms with E-state index in [1.54, 1.807) is 6.08 Å². The molecule has 0 N–H and O–H groups in total. The van der Waals surface area contributed by atoms with Gasteiger partial charge in [0, 0.05) is 10.8 Å². The lowest BCUT2D eigenvalue weighted by molar-refractivity contribution is -0.122. The second-order valence-corrected chi connectivity index (χ2v) is 10.8. The van der Waals surface area contributed by atoms with Crippen molar-refractivity contribution in [3.63, 3.8) is 0 Å². The first kappa shape index (κ1) is 19.5. The maximum absolute atomic E-state index is 15.7. The van der Waals surface area contributed by atoms with E-state index in [2.05, 4.69) is 6.92 Å². The standard InChI is InChI=1S/C25H31F3O/c1-17-3-4-18(21(28)20(17)27)29-16-23-8-13-25(14-9-23,19(26)15-23)24-10-5-22(2,6-11-24)7-12-24/h3-4,15H,5-14,16H2,1-2H3. The van der Waals surface area contributed by atoms with Crippen LogP contribution in [0.1, 0.15) is 76.7 Å². The minimum absolute atomic E-state index is 0.0552. The molecular formula is C25H31F3O. The Kier molecular flexibility index (Phi) is 4.22. The molecule has 6 aliphatic carbocycles. The minimum atomic E-state index is -0.946. The zero-order chi connectivity index (χ0) is 20.5. The van der Waals surface area contributed by atoms with Gasteiger partial charge in [-0.25, -0.2) is 8.78 Å². The van der Waals surface area contributed by atoms with Gasteiger partial charge in [-0.1, -0.05) is 13.0 Å². The first-order chi connectivity index (χ1) is 13.7. The van der Waals surface area contributed by atoms with Crippen molar-refractivity contribution in [1.29, 1.82) is 0 Å². The average molecular weight is 405 g/mol. The van der Waals surface area contributed by atoms with Gasteiger partial charge in [0.15, 0.2) is 11.6 Å². The molecule has 4 saturated carbocycles. The third-order valence-corrected chi connectivity index (χ3v) is 9.38. The zero-order valence-electron chi connectivity index (χ0n) is 17.6. The number of benzene rings is 1. The Hall–Kier alpha value is -1.45. The summed E-state index contributed by atoms with van der Waals surface area (Å²) in [6.45, 7) is 4.14. The molecule has 0 heterocycles. The lowest BCUT2D eigenvalue weighted by Gasteiger charge is -2.64. The molecule has 4 fully saturated rings. The summed E-state index contributed by atoms with van der Waals surface area (Å²) in [6.07, 6.45) is 12.4.